The molecule has 0 radical (unpaired) electrons. The fourth-order valence-corrected chi connectivity index (χ4v) is 3.82. The van der Waals surface area contributed by atoms with E-state index in [1.165, 1.54) is 11.1 Å². The highest BCUT2D eigenvalue weighted by atomic mass is 16.2. The Kier molecular flexibility index (Phi) is 7.02. The van der Waals surface area contributed by atoms with E-state index < -0.39 is 0 Å². The molecule has 2 aromatic rings. The monoisotopic (exact) mass is 365 g/mol. The molecule has 4 nitrogen and oxygen atoms in total. The Hall–Kier alpha value is -2.17. The summed E-state index contributed by atoms with van der Waals surface area (Å²) in [5.74, 6) is 0.767. The lowest BCUT2D eigenvalue weighted by Gasteiger charge is -2.35. The van der Waals surface area contributed by atoms with Gasteiger partial charge in [-0.1, -0.05) is 60.7 Å². The standard InChI is InChI=1S/C23H31N3O/c1-19(24)22-12-14-26(15-13-22)23(27)18-25(16-20-8-4-2-5-9-20)17-21-10-6-3-7-11-21/h2-11,19,22H,12-18,24H2,1H3. The molecule has 0 bridgehead atoms. The van der Waals surface area contributed by atoms with Gasteiger partial charge >= 0.3 is 0 Å². The van der Waals surface area contributed by atoms with E-state index in [1.807, 2.05) is 17.0 Å². The first-order chi connectivity index (χ1) is 13.1. The van der Waals surface area contributed by atoms with E-state index in [4.69, 9.17) is 5.73 Å². The van der Waals surface area contributed by atoms with E-state index in [1.54, 1.807) is 0 Å². The lowest BCUT2D eigenvalue weighted by molar-refractivity contribution is -0.134. The summed E-state index contributed by atoms with van der Waals surface area (Å²) in [5, 5.41) is 0. The number of rotatable bonds is 7. The summed E-state index contributed by atoms with van der Waals surface area (Å²) in [6, 6.07) is 21.0. The second kappa shape index (κ2) is 9.67. The zero-order valence-electron chi connectivity index (χ0n) is 16.3. The van der Waals surface area contributed by atoms with E-state index in [0.717, 1.165) is 39.0 Å². The minimum atomic E-state index is 0.218. The molecule has 2 aromatic carbocycles. The van der Waals surface area contributed by atoms with Crippen molar-refractivity contribution in [3.05, 3.63) is 71.8 Å². The number of benzene rings is 2. The molecule has 1 aliphatic rings. The van der Waals surface area contributed by atoms with Gasteiger partial charge in [-0.2, -0.15) is 0 Å². The van der Waals surface area contributed by atoms with Gasteiger partial charge in [0.2, 0.25) is 5.91 Å². The molecule has 1 atom stereocenters. The number of nitrogens with zero attached hydrogens (tertiary/aromatic N) is 2. The van der Waals surface area contributed by atoms with Gasteiger partial charge in [0, 0.05) is 32.2 Å². The Morgan fingerprint density at radius 2 is 1.48 bits per heavy atom. The molecule has 0 aliphatic carbocycles. The van der Waals surface area contributed by atoms with Crippen molar-refractivity contribution in [1.29, 1.82) is 0 Å². The van der Waals surface area contributed by atoms with Crippen molar-refractivity contribution < 1.29 is 4.79 Å². The largest absolute Gasteiger partial charge is 0.342 e. The average molecular weight is 366 g/mol. The highest BCUT2D eigenvalue weighted by molar-refractivity contribution is 5.78. The molecule has 1 fully saturated rings. The van der Waals surface area contributed by atoms with Gasteiger partial charge < -0.3 is 10.6 Å². The van der Waals surface area contributed by atoms with Crippen molar-refractivity contribution in [1.82, 2.24) is 9.80 Å². The summed E-state index contributed by atoms with van der Waals surface area (Å²) in [6.07, 6.45) is 2.03. The van der Waals surface area contributed by atoms with Gasteiger partial charge in [-0.3, -0.25) is 9.69 Å². The average Bonchev–Trinajstić information content (AvgIpc) is 2.69. The third-order valence-electron chi connectivity index (χ3n) is 5.49. The summed E-state index contributed by atoms with van der Waals surface area (Å²) in [7, 11) is 0. The number of amides is 1. The van der Waals surface area contributed by atoms with Gasteiger partial charge in [-0.05, 0) is 36.8 Å². The number of likely N-dealkylation sites (tertiary alicyclic amines) is 1. The number of hydrogen-bond acceptors (Lipinski definition) is 3. The van der Waals surface area contributed by atoms with E-state index in [9.17, 15) is 4.79 Å². The quantitative estimate of drug-likeness (QED) is 0.819. The lowest BCUT2D eigenvalue weighted by atomic mass is 9.91. The number of nitrogens with two attached hydrogens (primary N) is 1. The highest BCUT2D eigenvalue weighted by Crippen LogP contribution is 2.20. The lowest BCUT2D eigenvalue weighted by Crippen LogP contribution is -2.46. The summed E-state index contributed by atoms with van der Waals surface area (Å²) in [5.41, 5.74) is 8.50. The van der Waals surface area contributed by atoms with Crippen molar-refractivity contribution in [2.24, 2.45) is 11.7 Å². The van der Waals surface area contributed by atoms with Crippen LogP contribution >= 0.6 is 0 Å². The Balaban J connectivity index is 1.62. The van der Waals surface area contributed by atoms with Gasteiger partial charge in [-0.25, -0.2) is 0 Å². The zero-order chi connectivity index (χ0) is 19.1. The molecule has 2 N–H and O–H groups in total. The van der Waals surface area contributed by atoms with Crippen LogP contribution in [0.2, 0.25) is 0 Å². The number of piperidine rings is 1. The molecule has 1 amide bonds. The normalized spacial score (nSPS) is 16.5. The molecule has 1 saturated heterocycles. The minimum absolute atomic E-state index is 0.218. The minimum Gasteiger partial charge on any atom is -0.342 e. The summed E-state index contributed by atoms with van der Waals surface area (Å²) < 4.78 is 0. The number of carbonyl (C=O) groups is 1. The van der Waals surface area contributed by atoms with Crippen molar-refractivity contribution >= 4 is 5.91 Å². The first-order valence-corrected chi connectivity index (χ1v) is 9.95. The van der Waals surface area contributed by atoms with Gasteiger partial charge in [0.05, 0.1) is 6.54 Å². The maximum Gasteiger partial charge on any atom is 0.236 e. The van der Waals surface area contributed by atoms with Crippen LogP contribution in [0.25, 0.3) is 0 Å². The summed E-state index contributed by atoms with van der Waals surface area (Å²) >= 11 is 0. The summed E-state index contributed by atoms with van der Waals surface area (Å²) in [4.78, 5) is 17.2. The van der Waals surface area contributed by atoms with Crippen LogP contribution in [0.5, 0.6) is 0 Å². The SMILES string of the molecule is CC(N)C1CCN(C(=O)CN(Cc2ccccc2)Cc2ccccc2)CC1. The van der Waals surface area contributed by atoms with Crippen LogP contribution in [0.4, 0.5) is 0 Å². The van der Waals surface area contributed by atoms with E-state index in [2.05, 4.69) is 60.4 Å². The first kappa shape index (κ1) is 19.6. The van der Waals surface area contributed by atoms with Crippen LogP contribution in [0.1, 0.15) is 30.9 Å². The topological polar surface area (TPSA) is 49.6 Å². The fraction of sp³-hybridized carbons (Fsp3) is 0.435. The van der Waals surface area contributed by atoms with Crippen LogP contribution < -0.4 is 5.73 Å². The molecule has 144 valence electrons. The third-order valence-corrected chi connectivity index (χ3v) is 5.49. The Morgan fingerprint density at radius 3 is 1.93 bits per heavy atom. The van der Waals surface area contributed by atoms with E-state index >= 15 is 0 Å². The third kappa shape index (κ3) is 5.91. The Labute approximate surface area is 163 Å². The molecule has 4 heteroatoms. The maximum atomic E-state index is 12.9. The van der Waals surface area contributed by atoms with Gasteiger partial charge in [0.15, 0.2) is 0 Å². The predicted octanol–water partition coefficient (Wildman–Crippen LogP) is 3.27. The second-order valence-corrected chi connectivity index (χ2v) is 7.69. The first-order valence-electron chi connectivity index (χ1n) is 9.95. The Morgan fingerprint density at radius 1 is 1.00 bits per heavy atom. The maximum absolute atomic E-state index is 12.9. The molecule has 0 aromatic heterocycles. The van der Waals surface area contributed by atoms with Crippen molar-refractivity contribution in [2.75, 3.05) is 19.6 Å². The molecule has 1 aliphatic heterocycles. The van der Waals surface area contributed by atoms with Crippen molar-refractivity contribution in [3.63, 3.8) is 0 Å². The van der Waals surface area contributed by atoms with Crippen LogP contribution in [0.15, 0.2) is 60.7 Å². The van der Waals surface area contributed by atoms with Gasteiger partial charge in [-0.15, -0.1) is 0 Å². The fourth-order valence-electron chi connectivity index (χ4n) is 3.82. The molecule has 27 heavy (non-hydrogen) atoms. The molecule has 0 spiro atoms. The molecule has 3 rings (SSSR count). The van der Waals surface area contributed by atoms with Crippen LogP contribution in [0.3, 0.4) is 0 Å². The second-order valence-electron chi connectivity index (χ2n) is 7.69. The number of hydrogen-bond donors (Lipinski definition) is 1. The molecule has 1 unspecified atom stereocenters. The smallest absolute Gasteiger partial charge is 0.236 e. The molecular formula is C23H31N3O. The van der Waals surface area contributed by atoms with E-state index in [0.29, 0.717) is 12.5 Å². The molecule has 1 heterocycles. The summed E-state index contributed by atoms with van der Waals surface area (Å²) in [6.45, 7) is 5.73. The van der Waals surface area contributed by atoms with Crippen molar-refractivity contribution in [2.45, 2.75) is 38.9 Å². The van der Waals surface area contributed by atoms with Crippen LogP contribution in [-0.4, -0.2) is 41.4 Å². The van der Waals surface area contributed by atoms with Crippen LogP contribution in [-0.2, 0) is 17.9 Å². The zero-order valence-corrected chi connectivity index (χ0v) is 16.3. The highest BCUT2D eigenvalue weighted by Gasteiger charge is 2.25. The molecular weight excluding hydrogens is 334 g/mol. The van der Waals surface area contributed by atoms with Gasteiger partial charge in [0.25, 0.3) is 0 Å². The Bertz CT molecular complexity index is 653. The predicted molar refractivity (Wildman–Crippen MR) is 110 cm³/mol. The molecule has 0 saturated carbocycles. The van der Waals surface area contributed by atoms with Crippen LogP contribution in [0, 0.1) is 5.92 Å². The number of carbonyl (C=O) groups excluding carboxylic acids is 1. The van der Waals surface area contributed by atoms with E-state index in [-0.39, 0.29) is 11.9 Å². The van der Waals surface area contributed by atoms with Crippen molar-refractivity contribution in [3.8, 4) is 0 Å². The van der Waals surface area contributed by atoms with Gasteiger partial charge in [0.1, 0.15) is 0 Å².